The first-order valence-corrected chi connectivity index (χ1v) is 12.7. The van der Waals surface area contributed by atoms with Gasteiger partial charge in [-0.3, -0.25) is 9.52 Å². The molecule has 0 aliphatic carbocycles. The number of carbonyl (C=O) groups excluding carboxylic acids is 1. The second-order valence-corrected chi connectivity index (χ2v) is 11.2. The predicted molar refractivity (Wildman–Crippen MR) is 134 cm³/mol. The first kappa shape index (κ1) is 26.7. The van der Waals surface area contributed by atoms with Gasteiger partial charge >= 0.3 is 7.12 Å². The standard InChI is InChI=1S/C25H24BF3N2O5S/c1-24(2)25(3,4)36-26(35-24)16-8-10-17(11-9-16)31-37(33,34)19-7-5-6-15(12-19)23(32)30-18-13-20(27)22(29)21(28)14-18/h5-14,31H,1-4H3,(H,30,32). The summed E-state index contributed by atoms with van der Waals surface area (Å²) in [6.07, 6.45) is 0. The van der Waals surface area contributed by atoms with Gasteiger partial charge in [0, 0.05) is 29.1 Å². The van der Waals surface area contributed by atoms with Gasteiger partial charge in [-0.2, -0.15) is 0 Å². The van der Waals surface area contributed by atoms with E-state index in [4.69, 9.17) is 9.31 Å². The van der Waals surface area contributed by atoms with E-state index in [0.717, 1.165) is 6.07 Å². The molecule has 0 aromatic heterocycles. The number of amides is 1. The average Bonchev–Trinajstić information content (AvgIpc) is 3.04. The molecule has 1 heterocycles. The first-order valence-electron chi connectivity index (χ1n) is 11.2. The molecular weight excluding hydrogens is 508 g/mol. The van der Waals surface area contributed by atoms with Crippen LogP contribution in [0.15, 0.2) is 65.6 Å². The lowest BCUT2D eigenvalue weighted by atomic mass is 9.79. The van der Waals surface area contributed by atoms with Crippen LogP contribution in [0.4, 0.5) is 24.5 Å². The van der Waals surface area contributed by atoms with Gasteiger partial charge in [0.1, 0.15) is 0 Å². The lowest BCUT2D eigenvalue weighted by molar-refractivity contribution is 0.00578. The minimum atomic E-state index is -4.09. The van der Waals surface area contributed by atoms with E-state index in [9.17, 15) is 26.4 Å². The molecular formula is C25H24BF3N2O5S. The third kappa shape index (κ3) is 5.51. The van der Waals surface area contributed by atoms with E-state index in [2.05, 4.69) is 10.0 Å². The van der Waals surface area contributed by atoms with Gasteiger partial charge in [0.15, 0.2) is 17.5 Å². The van der Waals surface area contributed by atoms with Crippen molar-refractivity contribution in [3.63, 3.8) is 0 Å². The molecule has 2 N–H and O–H groups in total. The molecule has 1 saturated heterocycles. The van der Waals surface area contributed by atoms with Crippen molar-refractivity contribution in [2.45, 2.75) is 43.8 Å². The van der Waals surface area contributed by atoms with Crippen LogP contribution in [0, 0.1) is 17.5 Å². The number of hydrogen-bond acceptors (Lipinski definition) is 5. The molecule has 1 fully saturated rings. The summed E-state index contributed by atoms with van der Waals surface area (Å²) in [6, 6.07) is 12.8. The van der Waals surface area contributed by atoms with Crippen LogP contribution in [0.5, 0.6) is 0 Å². The van der Waals surface area contributed by atoms with Crippen molar-refractivity contribution >= 4 is 39.9 Å². The Hall–Kier alpha value is -3.35. The normalized spacial score (nSPS) is 16.5. The van der Waals surface area contributed by atoms with Crippen LogP contribution in [0.1, 0.15) is 38.1 Å². The highest BCUT2D eigenvalue weighted by Crippen LogP contribution is 2.36. The third-order valence-electron chi connectivity index (χ3n) is 6.34. The minimum Gasteiger partial charge on any atom is -0.399 e. The Bertz CT molecular complexity index is 1420. The molecule has 7 nitrogen and oxygen atoms in total. The maximum Gasteiger partial charge on any atom is 0.494 e. The molecule has 37 heavy (non-hydrogen) atoms. The predicted octanol–water partition coefficient (Wildman–Crippen LogP) is 4.46. The van der Waals surface area contributed by atoms with Crippen molar-refractivity contribution in [3.05, 3.63) is 83.7 Å². The summed E-state index contributed by atoms with van der Waals surface area (Å²) in [5, 5.41) is 2.22. The SMILES string of the molecule is CC1(C)OB(c2ccc(NS(=O)(=O)c3cccc(C(=O)Nc4cc(F)c(F)c(F)c4)c3)cc2)OC1(C)C. The van der Waals surface area contributed by atoms with Crippen molar-refractivity contribution in [2.24, 2.45) is 0 Å². The van der Waals surface area contributed by atoms with Crippen molar-refractivity contribution in [3.8, 4) is 0 Å². The van der Waals surface area contributed by atoms with Crippen molar-refractivity contribution in [1.29, 1.82) is 0 Å². The topological polar surface area (TPSA) is 93.7 Å². The van der Waals surface area contributed by atoms with Crippen LogP contribution in [0.2, 0.25) is 0 Å². The molecule has 0 atom stereocenters. The van der Waals surface area contributed by atoms with Crippen LogP contribution >= 0.6 is 0 Å². The molecule has 1 aliphatic rings. The van der Waals surface area contributed by atoms with Gasteiger partial charge in [0.05, 0.1) is 16.1 Å². The monoisotopic (exact) mass is 532 g/mol. The zero-order chi connectivity index (χ0) is 27.2. The molecule has 1 aliphatic heterocycles. The van der Waals surface area contributed by atoms with E-state index in [1.54, 1.807) is 24.3 Å². The zero-order valence-corrected chi connectivity index (χ0v) is 21.3. The number of benzene rings is 3. The number of carbonyl (C=O) groups is 1. The third-order valence-corrected chi connectivity index (χ3v) is 7.72. The number of sulfonamides is 1. The summed E-state index contributed by atoms with van der Waals surface area (Å²) < 4.78 is 80.3. The molecule has 3 aromatic carbocycles. The second kappa shape index (κ2) is 9.51. The number of nitrogens with one attached hydrogen (secondary N) is 2. The highest BCUT2D eigenvalue weighted by molar-refractivity contribution is 7.92. The van der Waals surface area contributed by atoms with Crippen molar-refractivity contribution in [2.75, 3.05) is 10.0 Å². The summed E-state index contributed by atoms with van der Waals surface area (Å²) in [4.78, 5) is 12.3. The maximum absolute atomic E-state index is 13.4. The van der Waals surface area contributed by atoms with Crippen molar-refractivity contribution in [1.82, 2.24) is 0 Å². The summed E-state index contributed by atoms with van der Waals surface area (Å²) in [5.41, 5.74) is -0.469. The van der Waals surface area contributed by atoms with E-state index in [-0.39, 0.29) is 21.8 Å². The average molecular weight is 532 g/mol. The van der Waals surface area contributed by atoms with Crippen LogP contribution in [0.25, 0.3) is 0 Å². The molecule has 194 valence electrons. The number of halogens is 3. The molecule has 0 spiro atoms. The summed E-state index contributed by atoms with van der Waals surface area (Å²) >= 11 is 0. The highest BCUT2D eigenvalue weighted by Gasteiger charge is 2.51. The van der Waals surface area contributed by atoms with Gasteiger partial charge in [-0.15, -0.1) is 0 Å². The lowest BCUT2D eigenvalue weighted by Gasteiger charge is -2.32. The fourth-order valence-corrected chi connectivity index (χ4v) is 4.64. The molecule has 3 aromatic rings. The fourth-order valence-electron chi connectivity index (χ4n) is 3.54. The Labute approximate surface area is 213 Å². The quantitative estimate of drug-likeness (QED) is 0.362. The smallest absolute Gasteiger partial charge is 0.399 e. The number of anilines is 2. The van der Waals surface area contributed by atoms with Crippen molar-refractivity contribution < 1.29 is 35.7 Å². The fraction of sp³-hybridized carbons (Fsp3) is 0.240. The Morgan fingerprint density at radius 2 is 1.41 bits per heavy atom. The van der Waals surface area contributed by atoms with Crippen LogP contribution < -0.4 is 15.5 Å². The molecule has 0 bridgehead atoms. The van der Waals surface area contributed by atoms with Gasteiger partial charge in [-0.05, 0) is 63.5 Å². The lowest BCUT2D eigenvalue weighted by Crippen LogP contribution is -2.41. The molecule has 1 amide bonds. The Kier molecular flexibility index (Phi) is 6.87. The number of hydrogen-bond donors (Lipinski definition) is 2. The first-order chi connectivity index (χ1) is 17.2. The van der Waals surface area contributed by atoms with Gasteiger partial charge in [-0.25, -0.2) is 21.6 Å². The van der Waals surface area contributed by atoms with Gasteiger partial charge < -0.3 is 14.6 Å². The Morgan fingerprint density at radius 3 is 1.97 bits per heavy atom. The second-order valence-electron chi connectivity index (χ2n) is 9.55. The molecule has 4 rings (SSSR count). The highest BCUT2D eigenvalue weighted by atomic mass is 32.2. The minimum absolute atomic E-state index is 0.0934. The van der Waals surface area contributed by atoms with Crippen LogP contribution in [-0.2, 0) is 19.3 Å². The summed E-state index contributed by atoms with van der Waals surface area (Å²) in [7, 11) is -4.70. The summed E-state index contributed by atoms with van der Waals surface area (Å²) in [6.45, 7) is 7.72. The molecule has 12 heteroatoms. The van der Waals surface area contributed by atoms with E-state index < -0.39 is 51.7 Å². The zero-order valence-electron chi connectivity index (χ0n) is 20.4. The van der Waals surface area contributed by atoms with E-state index >= 15 is 0 Å². The molecule has 0 unspecified atom stereocenters. The largest absolute Gasteiger partial charge is 0.494 e. The Balaban J connectivity index is 1.48. The van der Waals surface area contributed by atoms with E-state index in [1.165, 1.54) is 18.2 Å². The maximum atomic E-state index is 13.4. The summed E-state index contributed by atoms with van der Waals surface area (Å²) in [5.74, 6) is -5.45. The Morgan fingerprint density at radius 1 is 0.838 bits per heavy atom. The number of rotatable bonds is 6. The van der Waals surface area contributed by atoms with Crippen LogP contribution in [-0.4, -0.2) is 32.6 Å². The van der Waals surface area contributed by atoms with Gasteiger partial charge in [0.2, 0.25) is 0 Å². The van der Waals surface area contributed by atoms with E-state index in [0.29, 0.717) is 17.6 Å². The van der Waals surface area contributed by atoms with Gasteiger partial charge in [-0.1, -0.05) is 18.2 Å². The van der Waals surface area contributed by atoms with Crippen LogP contribution in [0.3, 0.4) is 0 Å². The van der Waals surface area contributed by atoms with Gasteiger partial charge in [0.25, 0.3) is 15.9 Å². The molecule has 0 radical (unpaired) electrons. The molecule has 0 saturated carbocycles. The van der Waals surface area contributed by atoms with E-state index in [1.807, 2.05) is 27.7 Å².